The number of nitrogens with zero attached hydrogens (tertiary/aromatic N) is 1. The predicted octanol–water partition coefficient (Wildman–Crippen LogP) is 1.42. The van der Waals surface area contributed by atoms with Crippen molar-refractivity contribution in [3.05, 3.63) is 23.7 Å². The van der Waals surface area contributed by atoms with Gasteiger partial charge in [-0.25, -0.2) is 4.79 Å². The Morgan fingerprint density at radius 3 is 2.74 bits per heavy atom. The van der Waals surface area contributed by atoms with Crippen LogP contribution in [0.25, 0.3) is 0 Å². The highest BCUT2D eigenvalue weighted by Gasteiger charge is 2.38. The first kappa shape index (κ1) is 15.5. The summed E-state index contributed by atoms with van der Waals surface area (Å²) in [6.07, 6.45) is -5.86. The van der Waals surface area contributed by atoms with Gasteiger partial charge in [-0.15, -0.1) is 0 Å². The van der Waals surface area contributed by atoms with E-state index in [1.807, 2.05) is 0 Å². The van der Waals surface area contributed by atoms with Gasteiger partial charge >= 0.3 is 12.1 Å². The fourth-order valence-corrected chi connectivity index (χ4v) is 1.49. The Balaban J connectivity index is 2.65. The number of carbonyl (C=O) groups excluding carboxylic acids is 1. The average molecular weight is 281 g/mol. The third kappa shape index (κ3) is 4.25. The van der Waals surface area contributed by atoms with E-state index in [1.54, 1.807) is 0 Å². The van der Waals surface area contributed by atoms with E-state index in [2.05, 4.69) is 4.74 Å². The van der Waals surface area contributed by atoms with Crippen LogP contribution in [0.4, 0.5) is 13.2 Å². The quantitative estimate of drug-likeness (QED) is 0.827. The van der Waals surface area contributed by atoms with Crippen LogP contribution in [-0.4, -0.2) is 49.0 Å². The van der Waals surface area contributed by atoms with Gasteiger partial charge in [0.2, 0.25) is 5.76 Å². The Hall–Kier alpha value is -1.54. The molecule has 1 atom stereocenters. The van der Waals surface area contributed by atoms with Crippen LogP contribution in [0.1, 0.15) is 16.1 Å². The largest absolute Gasteiger partial charge is 0.463 e. The van der Waals surface area contributed by atoms with E-state index in [1.165, 1.54) is 31.4 Å². The number of alkyl halides is 3. The van der Waals surface area contributed by atoms with Gasteiger partial charge in [-0.05, 0) is 13.1 Å². The van der Waals surface area contributed by atoms with Crippen molar-refractivity contribution >= 4 is 5.97 Å². The van der Waals surface area contributed by atoms with E-state index in [9.17, 15) is 18.0 Å². The number of aliphatic hydroxyl groups is 1. The van der Waals surface area contributed by atoms with Gasteiger partial charge in [-0.1, -0.05) is 0 Å². The second-order valence-electron chi connectivity index (χ2n) is 4.02. The predicted molar refractivity (Wildman–Crippen MR) is 58.4 cm³/mol. The molecular formula is C11H14F3NO4. The zero-order chi connectivity index (χ0) is 14.6. The van der Waals surface area contributed by atoms with Gasteiger partial charge in [0.25, 0.3) is 0 Å². The summed E-state index contributed by atoms with van der Waals surface area (Å²) in [5.41, 5.74) is 0.392. The fourth-order valence-electron chi connectivity index (χ4n) is 1.49. The first-order valence-electron chi connectivity index (χ1n) is 5.33. The standard InChI is InChI=1S/C11H14F3NO4/c1-15(6-8(16)11(12,13)14)5-7-3-4-19-9(7)10(17)18-2/h3-4,8,16H,5-6H2,1-2H3. The topological polar surface area (TPSA) is 62.9 Å². The number of methoxy groups -OCH3 is 1. The monoisotopic (exact) mass is 281 g/mol. The smallest absolute Gasteiger partial charge is 0.415 e. The maximum Gasteiger partial charge on any atom is 0.415 e. The lowest BCUT2D eigenvalue weighted by atomic mass is 10.2. The van der Waals surface area contributed by atoms with Crippen molar-refractivity contribution in [2.45, 2.75) is 18.8 Å². The molecular weight excluding hydrogens is 267 g/mol. The molecule has 0 spiro atoms. The van der Waals surface area contributed by atoms with Crippen LogP contribution in [0.5, 0.6) is 0 Å². The Labute approximate surface area is 107 Å². The molecule has 0 amide bonds. The molecule has 1 N–H and O–H groups in total. The molecule has 0 radical (unpaired) electrons. The summed E-state index contributed by atoms with van der Waals surface area (Å²) in [6, 6.07) is 1.46. The molecule has 1 unspecified atom stereocenters. The molecule has 0 saturated carbocycles. The first-order valence-corrected chi connectivity index (χ1v) is 5.33. The molecule has 1 heterocycles. The van der Waals surface area contributed by atoms with Crippen LogP contribution in [0, 0.1) is 0 Å². The molecule has 1 rings (SSSR count). The van der Waals surface area contributed by atoms with Crippen molar-refractivity contribution in [1.82, 2.24) is 4.90 Å². The minimum atomic E-state index is -4.67. The number of esters is 1. The lowest BCUT2D eigenvalue weighted by molar-refractivity contribution is -0.207. The normalized spacial score (nSPS) is 13.6. The minimum absolute atomic E-state index is 0.0219. The molecule has 1 aromatic heterocycles. The molecule has 0 fully saturated rings. The zero-order valence-corrected chi connectivity index (χ0v) is 10.4. The SMILES string of the molecule is COC(=O)c1occc1CN(C)CC(O)C(F)(F)F. The van der Waals surface area contributed by atoms with Crippen LogP contribution in [0.2, 0.25) is 0 Å². The Morgan fingerprint density at radius 2 is 2.21 bits per heavy atom. The summed E-state index contributed by atoms with van der Waals surface area (Å²) in [5, 5.41) is 8.93. The van der Waals surface area contributed by atoms with E-state index in [4.69, 9.17) is 9.52 Å². The summed E-state index contributed by atoms with van der Waals surface area (Å²) in [4.78, 5) is 12.5. The summed E-state index contributed by atoms with van der Waals surface area (Å²) in [7, 11) is 2.56. The molecule has 0 aromatic carbocycles. The van der Waals surface area contributed by atoms with Gasteiger partial charge in [0.15, 0.2) is 6.10 Å². The van der Waals surface area contributed by atoms with Gasteiger partial charge in [0.05, 0.1) is 13.4 Å². The summed E-state index contributed by atoms with van der Waals surface area (Å²) in [6.45, 7) is -0.580. The maximum atomic E-state index is 12.2. The summed E-state index contributed by atoms with van der Waals surface area (Å²) >= 11 is 0. The fraction of sp³-hybridized carbons (Fsp3) is 0.545. The number of hydrogen-bond donors (Lipinski definition) is 1. The van der Waals surface area contributed by atoms with Crippen LogP contribution >= 0.6 is 0 Å². The van der Waals surface area contributed by atoms with Crippen LogP contribution in [0.15, 0.2) is 16.7 Å². The zero-order valence-electron chi connectivity index (χ0n) is 10.4. The number of rotatable bonds is 5. The second kappa shape index (κ2) is 6.07. The Kier molecular flexibility index (Phi) is 4.96. The van der Waals surface area contributed by atoms with Gasteiger partial charge in [-0.2, -0.15) is 13.2 Å². The van der Waals surface area contributed by atoms with Gasteiger partial charge in [0, 0.05) is 18.7 Å². The third-order valence-corrected chi connectivity index (χ3v) is 2.42. The lowest BCUT2D eigenvalue weighted by Crippen LogP contribution is -2.39. The number of carbonyl (C=O) groups is 1. The number of aliphatic hydroxyl groups excluding tert-OH is 1. The second-order valence-corrected chi connectivity index (χ2v) is 4.02. The molecule has 0 aliphatic carbocycles. The van der Waals surface area contributed by atoms with E-state index in [0.717, 1.165) is 0 Å². The third-order valence-electron chi connectivity index (χ3n) is 2.42. The summed E-state index contributed by atoms with van der Waals surface area (Å²) < 4.78 is 45.9. The van der Waals surface area contributed by atoms with Crippen LogP contribution < -0.4 is 0 Å². The number of halogens is 3. The van der Waals surface area contributed by atoms with Crippen molar-refractivity contribution in [2.24, 2.45) is 0 Å². The number of ether oxygens (including phenoxy) is 1. The van der Waals surface area contributed by atoms with Crippen molar-refractivity contribution in [3.8, 4) is 0 Å². The number of likely N-dealkylation sites (N-methyl/N-ethyl adjacent to an activating group) is 1. The summed E-state index contributed by atoms with van der Waals surface area (Å²) in [5.74, 6) is -0.763. The van der Waals surface area contributed by atoms with Gasteiger partial charge < -0.3 is 14.3 Å². The van der Waals surface area contributed by atoms with Crippen LogP contribution in [-0.2, 0) is 11.3 Å². The Bertz CT molecular complexity index is 430. The highest BCUT2D eigenvalue weighted by Crippen LogP contribution is 2.21. The van der Waals surface area contributed by atoms with Crippen LogP contribution in [0.3, 0.4) is 0 Å². The lowest BCUT2D eigenvalue weighted by Gasteiger charge is -2.21. The highest BCUT2D eigenvalue weighted by molar-refractivity contribution is 5.87. The number of furan rings is 1. The molecule has 0 aliphatic heterocycles. The maximum absolute atomic E-state index is 12.2. The molecule has 8 heteroatoms. The molecule has 0 aliphatic rings. The Morgan fingerprint density at radius 1 is 1.58 bits per heavy atom. The van der Waals surface area contributed by atoms with Gasteiger partial charge in [-0.3, -0.25) is 4.90 Å². The molecule has 0 saturated heterocycles. The molecule has 19 heavy (non-hydrogen) atoms. The number of hydrogen-bond acceptors (Lipinski definition) is 5. The minimum Gasteiger partial charge on any atom is -0.463 e. The van der Waals surface area contributed by atoms with E-state index >= 15 is 0 Å². The average Bonchev–Trinajstić information content (AvgIpc) is 2.74. The van der Waals surface area contributed by atoms with Crippen molar-refractivity contribution in [2.75, 3.05) is 20.7 Å². The van der Waals surface area contributed by atoms with Crippen molar-refractivity contribution in [1.29, 1.82) is 0 Å². The molecule has 0 bridgehead atoms. The van der Waals surface area contributed by atoms with E-state index in [0.29, 0.717) is 5.56 Å². The molecule has 5 nitrogen and oxygen atoms in total. The van der Waals surface area contributed by atoms with Crippen molar-refractivity contribution in [3.63, 3.8) is 0 Å². The van der Waals surface area contributed by atoms with Crippen molar-refractivity contribution < 1.29 is 32.2 Å². The first-order chi connectivity index (χ1) is 8.75. The molecule has 108 valence electrons. The highest BCUT2D eigenvalue weighted by atomic mass is 19.4. The van der Waals surface area contributed by atoms with Gasteiger partial charge in [0.1, 0.15) is 0 Å². The van der Waals surface area contributed by atoms with E-state index in [-0.39, 0.29) is 12.3 Å². The molecule has 1 aromatic rings. The van der Waals surface area contributed by atoms with E-state index < -0.39 is 24.8 Å².